The summed E-state index contributed by atoms with van der Waals surface area (Å²) < 4.78 is 2.31. The fourth-order valence-corrected chi connectivity index (χ4v) is 2.65. The number of hydrogen-bond acceptors (Lipinski definition) is 4. The number of halogens is 1. The molecular formula is C14H24BrN3O2. The van der Waals surface area contributed by atoms with E-state index in [0.717, 1.165) is 19.4 Å². The molecule has 1 atom stereocenters. The lowest BCUT2D eigenvalue weighted by Crippen LogP contribution is -2.32. The minimum atomic E-state index is -0.962. The van der Waals surface area contributed by atoms with E-state index in [1.807, 2.05) is 32.8 Å². The van der Waals surface area contributed by atoms with Crippen molar-refractivity contribution in [2.45, 2.75) is 39.3 Å². The molecule has 0 amide bonds. The molecule has 1 heterocycles. The van der Waals surface area contributed by atoms with E-state index >= 15 is 0 Å². The van der Waals surface area contributed by atoms with Gasteiger partial charge in [0.1, 0.15) is 11.8 Å². The van der Waals surface area contributed by atoms with E-state index in [-0.39, 0.29) is 11.7 Å². The molecule has 1 N–H and O–H groups in total. The van der Waals surface area contributed by atoms with Crippen molar-refractivity contribution in [3.05, 3.63) is 16.4 Å². The van der Waals surface area contributed by atoms with Crippen LogP contribution in [0.15, 0.2) is 10.7 Å². The molecule has 0 spiro atoms. The highest BCUT2D eigenvalue weighted by molar-refractivity contribution is 9.10. The second-order valence-corrected chi connectivity index (χ2v) is 6.11. The van der Waals surface area contributed by atoms with Crippen LogP contribution in [0, 0.1) is 5.92 Å². The number of Topliss-reactive ketones (excluding diaryl/α,β-unsaturated/α-hetero) is 1. The summed E-state index contributed by atoms with van der Waals surface area (Å²) in [6.07, 6.45) is 2.22. The van der Waals surface area contributed by atoms with Gasteiger partial charge in [-0.1, -0.05) is 26.7 Å². The van der Waals surface area contributed by atoms with E-state index in [9.17, 15) is 9.90 Å². The third-order valence-corrected chi connectivity index (χ3v) is 4.13. The number of aliphatic hydroxyl groups is 1. The first-order chi connectivity index (χ1) is 9.42. The Bertz CT molecular complexity index is 442. The number of carbonyl (C=O) groups excluding carboxylic acids is 1. The van der Waals surface area contributed by atoms with Crippen molar-refractivity contribution < 1.29 is 9.90 Å². The zero-order valence-corrected chi connectivity index (χ0v) is 14.2. The zero-order chi connectivity index (χ0) is 15.3. The highest BCUT2D eigenvalue weighted by Crippen LogP contribution is 2.22. The summed E-state index contributed by atoms with van der Waals surface area (Å²) in [7, 11) is 3.94. The maximum absolute atomic E-state index is 12.5. The lowest BCUT2D eigenvalue weighted by Gasteiger charge is -2.20. The Hall–Kier alpha value is -0.720. The molecule has 0 fully saturated rings. The van der Waals surface area contributed by atoms with Crippen molar-refractivity contribution in [2.75, 3.05) is 20.6 Å². The number of rotatable bonds is 8. The molecule has 20 heavy (non-hydrogen) atoms. The summed E-state index contributed by atoms with van der Waals surface area (Å²) in [5.74, 6) is -0.256. The third kappa shape index (κ3) is 4.14. The number of hydrogen-bond donors (Lipinski definition) is 1. The van der Waals surface area contributed by atoms with Crippen LogP contribution in [0.1, 0.15) is 37.2 Å². The zero-order valence-electron chi connectivity index (χ0n) is 12.6. The van der Waals surface area contributed by atoms with Gasteiger partial charge in [-0.25, -0.2) is 0 Å². The van der Waals surface area contributed by atoms with Gasteiger partial charge in [-0.2, -0.15) is 5.10 Å². The summed E-state index contributed by atoms with van der Waals surface area (Å²) in [4.78, 5) is 14.5. The molecule has 0 aliphatic carbocycles. The molecule has 1 rings (SSSR count). The minimum absolute atomic E-state index is 0.00778. The SMILES string of the molecule is CCC(CC)C(O)C(=O)c1c(Br)cnn1CCN(C)C. The molecule has 0 saturated carbocycles. The van der Waals surface area contributed by atoms with Crippen molar-refractivity contribution in [2.24, 2.45) is 5.92 Å². The summed E-state index contributed by atoms with van der Waals surface area (Å²) in [5, 5.41) is 14.5. The van der Waals surface area contributed by atoms with Crippen LogP contribution in [-0.2, 0) is 6.54 Å². The van der Waals surface area contributed by atoms with Gasteiger partial charge in [-0.15, -0.1) is 0 Å². The average Bonchev–Trinajstić information content (AvgIpc) is 2.78. The van der Waals surface area contributed by atoms with Crippen LogP contribution in [0.4, 0.5) is 0 Å². The molecule has 0 saturated heterocycles. The first kappa shape index (κ1) is 17.3. The summed E-state index contributed by atoms with van der Waals surface area (Å²) in [6, 6.07) is 0. The Morgan fingerprint density at radius 1 is 1.45 bits per heavy atom. The maximum Gasteiger partial charge on any atom is 0.210 e. The van der Waals surface area contributed by atoms with E-state index in [1.54, 1.807) is 10.9 Å². The lowest BCUT2D eigenvalue weighted by molar-refractivity contribution is 0.0575. The molecule has 0 aliphatic rings. The quantitative estimate of drug-likeness (QED) is 0.733. The average molecular weight is 346 g/mol. The molecule has 0 aliphatic heterocycles. The van der Waals surface area contributed by atoms with Crippen LogP contribution in [0.5, 0.6) is 0 Å². The Balaban J connectivity index is 2.94. The van der Waals surface area contributed by atoms with Gasteiger partial charge in [0.25, 0.3) is 0 Å². The number of likely N-dealkylation sites (N-methyl/N-ethyl adjacent to an activating group) is 1. The van der Waals surface area contributed by atoms with Gasteiger partial charge in [-0.05, 0) is 35.9 Å². The van der Waals surface area contributed by atoms with Gasteiger partial charge in [0, 0.05) is 6.54 Å². The Labute approximate surface area is 129 Å². The highest BCUT2D eigenvalue weighted by Gasteiger charge is 2.28. The third-order valence-electron chi connectivity index (χ3n) is 3.55. The largest absolute Gasteiger partial charge is 0.385 e. The van der Waals surface area contributed by atoms with E-state index in [0.29, 0.717) is 16.7 Å². The van der Waals surface area contributed by atoms with Crippen LogP contribution >= 0.6 is 15.9 Å². The number of aromatic nitrogens is 2. The van der Waals surface area contributed by atoms with Crippen LogP contribution in [0.3, 0.4) is 0 Å². The number of aliphatic hydroxyl groups excluding tert-OH is 1. The molecule has 0 bridgehead atoms. The standard InChI is InChI=1S/C14H24BrN3O2/c1-5-10(6-2)13(19)14(20)12-11(15)9-16-18(12)8-7-17(3)4/h9-10,13,19H,5-8H2,1-4H3. The van der Waals surface area contributed by atoms with Crippen molar-refractivity contribution >= 4 is 21.7 Å². The Kier molecular flexibility index (Phi) is 6.85. The Morgan fingerprint density at radius 2 is 2.05 bits per heavy atom. The normalized spacial score (nSPS) is 13.2. The topological polar surface area (TPSA) is 58.4 Å². The van der Waals surface area contributed by atoms with Gasteiger partial charge >= 0.3 is 0 Å². The molecule has 1 aromatic heterocycles. The number of nitrogens with zero attached hydrogens (tertiary/aromatic N) is 3. The molecule has 5 nitrogen and oxygen atoms in total. The predicted octanol–water partition coefficient (Wildman–Crippen LogP) is 2.19. The summed E-state index contributed by atoms with van der Waals surface area (Å²) in [5.41, 5.74) is 0.464. The molecule has 1 unspecified atom stereocenters. The monoisotopic (exact) mass is 345 g/mol. The second kappa shape index (κ2) is 7.90. The summed E-state index contributed by atoms with van der Waals surface area (Å²) in [6.45, 7) is 5.39. The van der Waals surface area contributed by atoms with Crippen LogP contribution in [0.2, 0.25) is 0 Å². The summed E-state index contributed by atoms with van der Waals surface area (Å²) >= 11 is 3.36. The van der Waals surface area contributed by atoms with Gasteiger partial charge in [0.05, 0.1) is 17.2 Å². The molecular weight excluding hydrogens is 322 g/mol. The number of ketones is 1. The van der Waals surface area contributed by atoms with Crippen LogP contribution < -0.4 is 0 Å². The van der Waals surface area contributed by atoms with E-state index in [1.165, 1.54) is 0 Å². The van der Waals surface area contributed by atoms with Crippen molar-refractivity contribution in [3.8, 4) is 0 Å². The van der Waals surface area contributed by atoms with E-state index in [2.05, 4.69) is 21.0 Å². The van der Waals surface area contributed by atoms with Crippen molar-refractivity contribution in [1.29, 1.82) is 0 Å². The predicted molar refractivity (Wildman–Crippen MR) is 82.9 cm³/mol. The second-order valence-electron chi connectivity index (χ2n) is 5.25. The highest BCUT2D eigenvalue weighted by atomic mass is 79.9. The van der Waals surface area contributed by atoms with Crippen LogP contribution in [0.25, 0.3) is 0 Å². The fraction of sp³-hybridized carbons (Fsp3) is 0.714. The molecule has 1 aromatic rings. The molecule has 6 heteroatoms. The molecule has 0 radical (unpaired) electrons. The maximum atomic E-state index is 12.5. The lowest BCUT2D eigenvalue weighted by atomic mass is 9.92. The van der Waals surface area contributed by atoms with Gasteiger partial charge in [0.2, 0.25) is 5.78 Å². The first-order valence-electron chi connectivity index (χ1n) is 7.00. The van der Waals surface area contributed by atoms with E-state index in [4.69, 9.17) is 0 Å². The molecule has 0 aromatic carbocycles. The Morgan fingerprint density at radius 3 is 2.55 bits per heavy atom. The molecule has 114 valence electrons. The fourth-order valence-electron chi connectivity index (χ4n) is 2.16. The van der Waals surface area contributed by atoms with Gasteiger partial charge in [-0.3, -0.25) is 9.48 Å². The van der Waals surface area contributed by atoms with Crippen molar-refractivity contribution in [3.63, 3.8) is 0 Å². The van der Waals surface area contributed by atoms with Gasteiger partial charge in [0.15, 0.2) is 0 Å². The number of carbonyl (C=O) groups is 1. The minimum Gasteiger partial charge on any atom is -0.385 e. The van der Waals surface area contributed by atoms with Gasteiger partial charge < -0.3 is 10.0 Å². The smallest absolute Gasteiger partial charge is 0.210 e. The van der Waals surface area contributed by atoms with Crippen LogP contribution in [-0.4, -0.2) is 52.3 Å². The van der Waals surface area contributed by atoms with Crippen molar-refractivity contribution in [1.82, 2.24) is 14.7 Å². The first-order valence-corrected chi connectivity index (χ1v) is 7.79. The van der Waals surface area contributed by atoms with E-state index < -0.39 is 6.10 Å².